The standard InChI is InChI=1S/C28H35FN2O3/c29-24-11-13-31(14-12-24)18-20-3-4-23-17-25(8-5-22(23)16-20)30-28(32)21-6-9-26(10-7-21)34-19-27-2-1-15-33-27/h3-4,6-7,9-10,16,24-25,27H,1-2,5,8,11-15,17-19H2,(H,30,32)/t25-,27-/m0/s1. The number of carbonyl (C=O) groups excluding carboxylic acids is 1. The number of hydrogen-bond acceptors (Lipinski definition) is 4. The number of amides is 1. The molecule has 0 aromatic heterocycles. The quantitative estimate of drug-likeness (QED) is 0.654. The highest BCUT2D eigenvalue weighted by Gasteiger charge is 2.23. The number of hydrogen-bond donors (Lipinski definition) is 1. The number of alkyl halides is 1. The van der Waals surface area contributed by atoms with Crippen LogP contribution in [0.3, 0.4) is 0 Å². The number of likely N-dealkylation sites (tertiary alicyclic amines) is 1. The second-order valence-electron chi connectivity index (χ2n) is 9.94. The number of piperidine rings is 1. The van der Waals surface area contributed by atoms with Gasteiger partial charge in [0.05, 0.1) is 6.10 Å². The molecule has 1 N–H and O–H groups in total. The Morgan fingerprint density at radius 3 is 2.65 bits per heavy atom. The first-order chi connectivity index (χ1) is 16.6. The molecular formula is C28H35FN2O3. The molecule has 0 radical (unpaired) electrons. The van der Waals surface area contributed by atoms with E-state index in [2.05, 4.69) is 28.4 Å². The maximum Gasteiger partial charge on any atom is 0.251 e. The average Bonchev–Trinajstić information content (AvgIpc) is 3.38. The lowest BCUT2D eigenvalue weighted by molar-refractivity contribution is 0.0679. The van der Waals surface area contributed by atoms with Crippen molar-refractivity contribution < 1.29 is 18.7 Å². The topological polar surface area (TPSA) is 50.8 Å². The molecule has 1 aliphatic carbocycles. The van der Waals surface area contributed by atoms with Crippen LogP contribution in [0.5, 0.6) is 5.75 Å². The van der Waals surface area contributed by atoms with Gasteiger partial charge >= 0.3 is 0 Å². The van der Waals surface area contributed by atoms with Crippen molar-refractivity contribution >= 4 is 5.91 Å². The van der Waals surface area contributed by atoms with E-state index in [9.17, 15) is 9.18 Å². The summed E-state index contributed by atoms with van der Waals surface area (Å²) in [6.07, 6.45) is 5.77. The monoisotopic (exact) mass is 466 g/mol. The maximum absolute atomic E-state index is 13.4. The number of halogens is 1. The molecule has 0 unspecified atom stereocenters. The number of fused-ring (bicyclic) bond motifs is 1. The summed E-state index contributed by atoms with van der Waals surface area (Å²) in [6, 6.07) is 14.2. The van der Waals surface area contributed by atoms with E-state index in [1.165, 1.54) is 16.7 Å². The summed E-state index contributed by atoms with van der Waals surface area (Å²) in [5.74, 6) is 0.732. The second-order valence-corrected chi connectivity index (χ2v) is 9.94. The molecule has 2 aromatic carbocycles. The third kappa shape index (κ3) is 5.97. The molecule has 0 bridgehead atoms. The first-order valence-corrected chi connectivity index (χ1v) is 12.7. The molecule has 5 rings (SSSR count). The van der Waals surface area contributed by atoms with Crippen LogP contribution in [-0.4, -0.2) is 55.4 Å². The molecule has 1 amide bonds. The van der Waals surface area contributed by atoms with Crippen LogP contribution in [0.2, 0.25) is 0 Å². The highest BCUT2D eigenvalue weighted by atomic mass is 19.1. The highest BCUT2D eigenvalue weighted by molar-refractivity contribution is 5.94. The Kier molecular flexibility index (Phi) is 7.45. The molecule has 0 spiro atoms. The summed E-state index contributed by atoms with van der Waals surface area (Å²) in [6.45, 7) is 3.96. The van der Waals surface area contributed by atoms with E-state index in [-0.39, 0.29) is 18.1 Å². The zero-order valence-electron chi connectivity index (χ0n) is 19.8. The van der Waals surface area contributed by atoms with Crippen LogP contribution < -0.4 is 10.1 Å². The van der Waals surface area contributed by atoms with Gasteiger partial charge in [0.25, 0.3) is 5.91 Å². The fourth-order valence-corrected chi connectivity index (χ4v) is 5.28. The summed E-state index contributed by atoms with van der Waals surface area (Å²) in [5, 5.41) is 3.21. The lowest BCUT2D eigenvalue weighted by Crippen LogP contribution is -2.39. The van der Waals surface area contributed by atoms with Gasteiger partial charge in [-0.3, -0.25) is 9.69 Å². The average molecular weight is 467 g/mol. The first kappa shape index (κ1) is 23.3. The van der Waals surface area contributed by atoms with Crippen molar-refractivity contribution in [1.82, 2.24) is 10.2 Å². The number of benzene rings is 2. The maximum atomic E-state index is 13.4. The Morgan fingerprint density at radius 1 is 1.06 bits per heavy atom. The van der Waals surface area contributed by atoms with Crippen molar-refractivity contribution in [1.29, 1.82) is 0 Å². The van der Waals surface area contributed by atoms with Crippen LogP contribution in [0.1, 0.15) is 59.2 Å². The van der Waals surface area contributed by atoms with Crippen LogP contribution in [-0.2, 0) is 24.1 Å². The Bertz CT molecular complexity index is 966. The Morgan fingerprint density at radius 2 is 1.88 bits per heavy atom. The predicted molar refractivity (Wildman–Crippen MR) is 130 cm³/mol. The second kappa shape index (κ2) is 10.9. The minimum Gasteiger partial charge on any atom is -0.491 e. The molecule has 34 heavy (non-hydrogen) atoms. The number of carbonyl (C=O) groups is 1. The van der Waals surface area contributed by atoms with Crippen molar-refractivity contribution in [2.45, 2.75) is 69.8 Å². The lowest BCUT2D eigenvalue weighted by atomic mass is 9.87. The highest BCUT2D eigenvalue weighted by Crippen LogP contribution is 2.25. The van der Waals surface area contributed by atoms with Crippen molar-refractivity contribution in [3.05, 3.63) is 64.7 Å². The first-order valence-electron chi connectivity index (χ1n) is 12.7. The van der Waals surface area contributed by atoms with Crippen LogP contribution in [0, 0.1) is 0 Å². The Hall–Kier alpha value is -2.44. The van der Waals surface area contributed by atoms with Gasteiger partial charge in [-0.25, -0.2) is 4.39 Å². The van der Waals surface area contributed by atoms with E-state index in [0.717, 1.165) is 64.1 Å². The number of nitrogens with zero attached hydrogens (tertiary/aromatic N) is 1. The molecule has 3 aliphatic rings. The largest absolute Gasteiger partial charge is 0.491 e. The lowest BCUT2D eigenvalue weighted by Gasteiger charge is -2.29. The van der Waals surface area contributed by atoms with Gasteiger partial charge in [-0.15, -0.1) is 0 Å². The van der Waals surface area contributed by atoms with Gasteiger partial charge in [-0.1, -0.05) is 18.2 Å². The molecule has 2 aromatic rings. The molecule has 5 nitrogen and oxygen atoms in total. The minimum atomic E-state index is -0.630. The van der Waals surface area contributed by atoms with E-state index >= 15 is 0 Å². The van der Waals surface area contributed by atoms with Crippen LogP contribution in [0.25, 0.3) is 0 Å². The normalized spacial score (nSPS) is 23.4. The SMILES string of the molecule is O=C(N[C@H]1CCc2cc(CN3CCC(F)CC3)ccc2C1)c1ccc(OC[C@@H]2CCCO2)cc1. The molecular weight excluding hydrogens is 431 g/mol. The molecule has 2 fully saturated rings. The molecule has 182 valence electrons. The molecule has 2 saturated heterocycles. The number of rotatable bonds is 7. The van der Waals surface area contributed by atoms with Gasteiger partial charge in [0.1, 0.15) is 18.5 Å². The van der Waals surface area contributed by atoms with Gasteiger partial charge in [-0.2, -0.15) is 0 Å². The summed E-state index contributed by atoms with van der Waals surface area (Å²) >= 11 is 0. The van der Waals surface area contributed by atoms with Crippen molar-refractivity contribution in [3.63, 3.8) is 0 Å². The van der Waals surface area contributed by atoms with Crippen molar-refractivity contribution in [2.24, 2.45) is 0 Å². The van der Waals surface area contributed by atoms with E-state index in [0.29, 0.717) is 25.0 Å². The summed E-state index contributed by atoms with van der Waals surface area (Å²) in [4.78, 5) is 15.1. The van der Waals surface area contributed by atoms with Gasteiger partial charge in [-0.05, 0) is 85.9 Å². The summed E-state index contributed by atoms with van der Waals surface area (Å²) in [5.41, 5.74) is 4.67. The summed E-state index contributed by atoms with van der Waals surface area (Å²) < 4.78 is 24.8. The Labute approximate surface area is 201 Å². The fraction of sp³-hybridized carbons (Fsp3) is 0.536. The third-order valence-corrected chi connectivity index (χ3v) is 7.33. The number of nitrogens with one attached hydrogen (secondary N) is 1. The van der Waals surface area contributed by atoms with E-state index in [4.69, 9.17) is 9.47 Å². The van der Waals surface area contributed by atoms with E-state index < -0.39 is 6.17 Å². The summed E-state index contributed by atoms with van der Waals surface area (Å²) in [7, 11) is 0. The Balaban J connectivity index is 1.11. The minimum absolute atomic E-state index is 0.0352. The zero-order valence-corrected chi connectivity index (χ0v) is 19.8. The third-order valence-electron chi connectivity index (χ3n) is 7.33. The zero-order chi connectivity index (χ0) is 23.3. The van der Waals surface area contributed by atoms with Crippen molar-refractivity contribution in [2.75, 3.05) is 26.3 Å². The van der Waals surface area contributed by atoms with Crippen LogP contribution >= 0.6 is 0 Å². The van der Waals surface area contributed by atoms with Crippen LogP contribution in [0.15, 0.2) is 42.5 Å². The molecule has 2 aliphatic heterocycles. The molecule has 2 atom stereocenters. The smallest absolute Gasteiger partial charge is 0.251 e. The van der Waals surface area contributed by atoms with Gasteiger partial charge < -0.3 is 14.8 Å². The molecule has 0 saturated carbocycles. The van der Waals surface area contributed by atoms with Gasteiger partial charge in [0, 0.05) is 37.8 Å². The predicted octanol–water partition coefficient (Wildman–Crippen LogP) is 4.47. The molecule has 2 heterocycles. The van der Waals surface area contributed by atoms with Gasteiger partial charge in [0.2, 0.25) is 0 Å². The van der Waals surface area contributed by atoms with Gasteiger partial charge in [0.15, 0.2) is 0 Å². The van der Waals surface area contributed by atoms with E-state index in [1.807, 2.05) is 24.3 Å². The number of aryl methyl sites for hydroxylation is 1. The van der Waals surface area contributed by atoms with E-state index in [1.54, 1.807) is 0 Å². The molecule has 6 heteroatoms. The number of ether oxygens (including phenoxy) is 2. The van der Waals surface area contributed by atoms with Crippen molar-refractivity contribution in [3.8, 4) is 5.75 Å². The fourth-order valence-electron chi connectivity index (χ4n) is 5.28. The van der Waals surface area contributed by atoms with Crippen LogP contribution in [0.4, 0.5) is 4.39 Å².